The highest BCUT2D eigenvalue weighted by atomic mass is 14.7. The molecule has 17 heavy (non-hydrogen) atoms. The fraction of sp³-hybridized carbons (Fsp3) is 0.0714. The van der Waals surface area contributed by atoms with Gasteiger partial charge in [-0.15, -0.1) is 0 Å². The fourth-order valence-corrected chi connectivity index (χ4v) is 1.84. The Labute approximate surface area is 101 Å². The molecule has 0 aliphatic carbocycles. The third kappa shape index (κ3) is 2.34. The molecule has 0 heterocycles. The summed E-state index contributed by atoms with van der Waals surface area (Å²) < 4.78 is 0. The molecule has 2 aromatic carbocycles. The lowest BCUT2D eigenvalue weighted by atomic mass is 9.98. The van der Waals surface area contributed by atoms with Crippen LogP contribution in [0.2, 0.25) is 0 Å². The van der Waals surface area contributed by atoms with Crippen molar-refractivity contribution in [2.75, 3.05) is 0 Å². The summed E-state index contributed by atoms with van der Waals surface area (Å²) >= 11 is 0. The number of nitrogens with one attached hydrogen (secondary N) is 1. The highest BCUT2D eigenvalue weighted by molar-refractivity contribution is 5.97. The molecule has 0 bridgehead atoms. The molecule has 0 saturated carbocycles. The molecule has 3 nitrogen and oxygen atoms in total. The molecule has 2 aromatic rings. The first-order valence-electron chi connectivity index (χ1n) is 5.45. The molecule has 0 unspecified atom stereocenters. The standard InChI is InChI=1S/C14H15N3/c15-9-12-8-11(6-7-13(12)14(16)17)10-4-2-1-3-5-10/h1-8H,9,15H2,(H3,16,17). The molecule has 0 saturated heterocycles. The summed E-state index contributed by atoms with van der Waals surface area (Å²) in [7, 11) is 0. The highest BCUT2D eigenvalue weighted by Gasteiger charge is 2.06. The maximum Gasteiger partial charge on any atom is 0.123 e. The average Bonchev–Trinajstić information content (AvgIpc) is 2.39. The molecule has 86 valence electrons. The van der Waals surface area contributed by atoms with Crippen molar-refractivity contribution in [3.63, 3.8) is 0 Å². The number of rotatable bonds is 3. The minimum Gasteiger partial charge on any atom is -0.384 e. The zero-order chi connectivity index (χ0) is 12.3. The molecule has 0 radical (unpaired) electrons. The van der Waals surface area contributed by atoms with Gasteiger partial charge in [-0.1, -0.05) is 42.5 Å². The van der Waals surface area contributed by atoms with Gasteiger partial charge in [0, 0.05) is 12.1 Å². The molecular weight excluding hydrogens is 210 g/mol. The second kappa shape index (κ2) is 4.80. The van der Waals surface area contributed by atoms with E-state index in [0.29, 0.717) is 12.1 Å². The van der Waals surface area contributed by atoms with Gasteiger partial charge in [-0.05, 0) is 22.8 Å². The third-order valence-electron chi connectivity index (χ3n) is 2.72. The Morgan fingerprint density at radius 1 is 1.00 bits per heavy atom. The van der Waals surface area contributed by atoms with E-state index in [0.717, 1.165) is 16.7 Å². The van der Waals surface area contributed by atoms with Crippen molar-refractivity contribution >= 4 is 5.84 Å². The van der Waals surface area contributed by atoms with Crippen LogP contribution in [0, 0.1) is 5.41 Å². The van der Waals surface area contributed by atoms with Gasteiger partial charge in [0.15, 0.2) is 0 Å². The van der Waals surface area contributed by atoms with Gasteiger partial charge in [-0.3, -0.25) is 5.41 Å². The highest BCUT2D eigenvalue weighted by Crippen LogP contribution is 2.22. The summed E-state index contributed by atoms with van der Waals surface area (Å²) in [5, 5.41) is 7.48. The van der Waals surface area contributed by atoms with Crippen LogP contribution < -0.4 is 11.5 Å². The summed E-state index contributed by atoms with van der Waals surface area (Å²) in [4.78, 5) is 0. The maximum atomic E-state index is 7.48. The first kappa shape index (κ1) is 11.4. The van der Waals surface area contributed by atoms with Gasteiger partial charge in [0.1, 0.15) is 5.84 Å². The van der Waals surface area contributed by atoms with E-state index in [1.807, 2.05) is 48.5 Å². The third-order valence-corrected chi connectivity index (χ3v) is 2.72. The van der Waals surface area contributed by atoms with Crippen LogP contribution in [0.3, 0.4) is 0 Å². The topological polar surface area (TPSA) is 75.9 Å². The summed E-state index contributed by atoms with van der Waals surface area (Å²) in [5.74, 6) is 0.0602. The van der Waals surface area contributed by atoms with Crippen molar-refractivity contribution < 1.29 is 0 Å². The summed E-state index contributed by atoms with van der Waals surface area (Å²) in [5.41, 5.74) is 15.0. The normalized spacial score (nSPS) is 10.2. The molecule has 3 heteroatoms. The lowest BCUT2D eigenvalue weighted by Gasteiger charge is -2.09. The van der Waals surface area contributed by atoms with Crippen molar-refractivity contribution in [1.82, 2.24) is 0 Å². The fourth-order valence-electron chi connectivity index (χ4n) is 1.84. The molecule has 0 spiro atoms. The van der Waals surface area contributed by atoms with Crippen molar-refractivity contribution in [3.8, 4) is 11.1 Å². The van der Waals surface area contributed by atoms with Crippen LogP contribution in [0.15, 0.2) is 48.5 Å². The Kier molecular flexibility index (Phi) is 3.21. The van der Waals surface area contributed by atoms with Crippen LogP contribution in [0.4, 0.5) is 0 Å². The molecule has 2 rings (SSSR count). The number of nitrogen functional groups attached to an aromatic ring is 1. The Morgan fingerprint density at radius 3 is 2.29 bits per heavy atom. The smallest absolute Gasteiger partial charge is 0.123 e. The first-order chi connectivity index (χ1) is 8.22. The van der Waals surface area contributed by atoms with Crippen LogP contribution in [0.5, 0.6) is 0 Å². The van der Waals surface area contributed by atoms with Gasteiger partial charge >= 0.3 is 0 Å². The first-order valence-corrected chi connectivity index (χ1v) is 5.45. The number of hydrogen-bond acceptors (Lipinski definition) is 2. The van der Waals surface area contributed by atoms with E-state index in [2.05, 4.69) is 0 Å². The largest absolute Gasteiger partial charge is 0.384 e. The van der Waals surface area contributed by atoms with Crippen LogP contribution in [-0.4, -0.2) is 5.84 Å². The number of benzene rings is 2. The molecule has 0 aliphatic heterocycles. The Balaban J connectivity index is 2.49. The van der Waals surface area contributed by atoms with Crippen LogP contribution in [0.25, 0.3) is 11.1 Å². The van der Waals surface area contributed by atoms with E-state index in [1.54, 1.807) is 0 Å². The lowest BCUT2D eigenvalue weighted by molar-refractivity contribution is 1.06. The Bertz CT molecular complexity index is 532. The monoisotopic (exact) mass is 225 g/mol. The average molecular weight is 225 g/mol. The molecule has 0 atom stereocenters. The molecule has 0 fully saturated rings. The van der Waals surface area contributed by atoms with Gasteiger partial charge < -0.3 is 11.5 Å². The van der Waals surface area contributed by atoms with Crippen molar-refractivity contribution in [1.29, 1.82) is 5.41 Å². The van der Waals surface area contributed by atoms with Crippen molar-refractivity contribution in [2.24, 2.45) is 11.5 Å². The zero-order valence-corrected chi connectivity index (χ0v) is 9.48. The molecular formula is C14H15N3. The molecule has 0 aliphatic rings. The maximum absolute atomic E-state index is 7.48. The second-order valence-corrected chi connectivity index (χ2v) is 3.86. The van der Waals surface area contributed by atoms with E-state index in [4.69, 9.17) is 16.9 Å². The minimum atomic E-state index is 0.0602. The van der Waals surface area contributed by atoms with E-state index in [-0.39, 0.29) is 5.84 Å². The van der Waals surface area contributed by atoms with E-state index in [1.165, 1.54) is 0 Å². The molecule has 0 aromatic heterocycles. The van der Waals surface area contributed by atoms with E-state index < -0.39 is 0 Å². The van der Waals surface area contributed by atoms with Crippen molar-refractivity contribution in [2.45, 2.75) is 6.54 Å². The summed E-state index contributed by atoms with van der Waals surface area (Å²) in [6.07, 6.45) is 0. The second-order valence-electron chi connectivity index (χ2n) is 3.86. The van der Waals surface area contributed by atoms with Crippen LogP contribution in [0.1, 0.15) is 11.1 Å². The van der Waals surface area contributed by atoms with Crippen LogP contribution in [-0.2, 0) is 6.54 Å². The van der Waals surface area contributed by atoms with Gasteiger partial charge in [-0.2, -0.15) is 0 Å². The Hall–Kier alpha value is -2.13. The number of nitrogens with two attached hydrogens (primary N) is 2. The number of amidine groups is 1. The predicted molar refractivity (Wildman–Crippen MR) is 70.8 cm³/mol. The minimum absolute atomic E-state index is 0.0602. The SMILES string of the molecule is N=C(N)c1ccc(-c2ccccc2)cc1CN. The van der Waals surface area contributed by atoms with Crippen LogP contribution >= 0.6 is 0 Å². The van der Waals surface area contributed by atoms with E-state index in [9.17, 15) is 0 Å². The zero-order valence-electron chi connectivity index (χ0n) is 9.48. The summed E-state index contributed by atoms with van der Waals surface area (Å²) in [6, 6.07) is 15.9. The molecule has 5 N–H and O–H groups in total. The molecule has 0 amide bonds. The van der Waals surface area contributed by atoms with Gasteiger partial charge in [0.25, 0.3) is 0 Å². The van der Waals surface area contributed by atoms with Crippen molar-refractivity contribution in [3.05, 3.63) is 59.7 Å². The quantitative estimate of drug-likeness (QED) is 0.552. The summed E-state index contributed by atoms with van der Waals surface area (Å²) in [6.45, 7) is 0.385. The Morgan fingerprint density at radius 2 is 1.71 bits per heavy atom. The van der Waals surface area contributed by atoms with Gasteiger partial charge in [0.2, 0.25) is 0 Å². The van der Waals surface area contributed by atoms with Gasteiger partial charge in [-0.25, -0.2) is 0 Å². The van der Waals surface area contributed by atoms with E-state index >= 15 is 0 Å². The van der Waals surface area contributed by atoms with Gasteiger partial charge in [0.05, 0.1) is 0 Å². The predicted octanol–water partition coefficient (Wildman–Crippen LogP) is 2.10. The number of hydrogen-bond donors (Lipinski definition) is 3. The lowest BCUT2D eigenvalue weighted by Crippen LogP contribution is -2.15.